The molecule has 78 valence electrons. The zero-order chi connectivity index (χ0) is 10.8. The molecule has 0 aliphatic rings. The lowest BCUT2D eigenvalue weighted by atomic mass is 10.1. The van der Waals surface area contributed by atoms with Crippen molar-refractivity contribution in [1.29, 1.82) is 0 Å². The van der Waals surface area contributed by atoms with Gasteiger partial charge in [-0.25, -0.2) is 0 Å². The summed E-state index contributed by atoms with van der Waals surface area (Å²) in [4.78, 5) is 10.5. The standard InChI is InChI=1S/C10H13NO.C2H6/c1-9(12)11-8-7-10-5-3-2-4-6-10;1-2/h2-6H,7-8H2,1H3,(H,11,12);1-2H3. The van der Waals surface area contributed by atoms with Crippen LogP contribution in [0.3, 0.4) is 0 Å². The summed E-state index contributed by atoms with van der Waals surface area (Å²) < 4.78 is 0. The summed E-state index contributed by atoms with van der Waals surface area (Å²) in [6.45, 7) is 6.25. The van der Waals surface area contributed by atoms with Crippen molar-refractivity contribution >= 4 is 5.91 Å². The first-order valence-corrected chi connectivity index (χ1v) is 5.07. The molecular formula is C12H19NO. The predicted octanol–water partition coefficient (Wildman–Crippen LogP) is 2.39. The van der Waals surface area contributed by atoms with Gasteiger partial charge in [-0.2, -0.15) is 0 Å². The molecule has 0 spiro atoms. The van der Waals surface area contributed by atoms with E-state index < -0.39 is 0 Å². The number of carbonyl (C=O) groups is 1. The predicted molar refractivity (Wildman–Crippen MR) is 60.2 cm³/mol. The SMILES string of the molecule is CC.CC(=O)NCCc1ccccc1. The van der Waals surface area contributed by atoms with Crippen LogP contribution >= 0.6 is 0 Å². The van der Waals surface area contributed by atoms with Crippen LogP contribution in [0.4, 0.5) is 0 Å². The van der Waals surface area contributed by atoms with Gasteiger partial charge in [0.25, 0.3) is 0 Å². The number of hydrogen-bond acceptors (Lipinski definition) is 1. The summed E-state index contributed by atoms with van der Waals surface area (Å²) in [6, 6.07) is 10.1. The maximum atomic E-state index is 10.5. The van der Waals surface area contributed by atoms with Gasteiger partial charge in [-0.3, -0.25) is 4.79 Å². The first-order valence-electron chi connectivity index (χ1n) is 5.07. The number of nitrogens with one attached hydrogen (secondary N) is 1. The Morgan fingerprint density at radius 2 is 1.79 bits per heavy atom. The molecule has 0 bridgehead atoms. The number of benzene rings is 1. The van der Waals surface area contributed by atoms with Crippen molar-refractivity contribution in [2.24, 2.45) is 0 Å². The Kier molecular flexibility index (Phi) is 7.52. The van der Waals surface area contributed by atoms with Crippen molar-refractivity contribution in [1.82, 2.24) is 5.32 Å². The van der Waals surface area contributed by atoms with Crippen molar-refractivity contribution in [2.75, 3.05) is 6.54 Å². The maximum Gasteiger partial charge on any atom is 0.216 e. The van der Waals surface area contributed by atoms with Crippen LogP contribution in [0, 0.1) is 0 Å². The fourth-order valence-corrected chi connectivity index (χ4v) is 1.03. The lowest BCUT2D eigenvalue weighted by Gasteiger charge is -2.01. The molecule has 2 heteroatoms. The molecule has 2 nitrogen and oxygen atoms in total. The largest absolute Gasteiger partial charge is 0.356 e. The lowest BCUT2D eigenvalue weighted by molar-refractivity contribution is -0.118. The van der Waals surface area contributed by atoms with Crippen LogP contribution < -0.4 is 5.32 Å². The van der Waals surface area contributed by atoms with Gasteiger partial charge in [0.05, 0.1) is 0 Å². The molecule has 0 unspecified atom stereocenters. The third-order valence-corrected chi connectivity index (χ3v) is 1.63. The van der Waals surface area contributed by atoms with Crippen molar-refractivity contribution in [3.05, 3.63) is 35.9 Å². The molecular weight excluding hydrogens is 174 g/mol. The Hall–Kier alpha value is -1.31. The van der Waals surface area contributed by atoms with E-state index in [1.54, 1.807) is 0 Å². The quantitative estimate of drug-likeness (QED) is 0.784. The minimum Gasteiger partial charge on any atom is -0.356 e. The second-order valence-electron chi connectivity index (χ2n) is 2.72. The molecule has 0 saturated heterocycles. The average molecular weight is 193 g/mol. The van der Waals surface area contributed by atoms with Gasteiger partial charge in [-0.05, 0) is 12.0 Å². The summed E-state index contributed by atoms with van der Waals surface area (Å²) >= 11 is 0. The van der Waals surface area contributed by atoms with Crippen LogP contribution in [-0.2, 0) is 11.2 Å². The molecule has 14 heavy (non-hydrogen) atoms. The second kappa shape index (κ2) is 8.30. The van der Waals surface area contributed by atoms with Crippen LogP contribution in [0.1, 0.15) is 26.3 Å². The van der Waals surface area contributed by atoms with Gasteiger partial charge in [0.15, 0.2) is 0 Å². The minimum absolute atomic E-state index is 0.0333. The number of carbonyl (C=O) groups excluding carboxylic acids is 1. The fourth-order valence-electron chi connectivity index (χ4n) is 1.03. The molecule has 0 aromatic heterocycles. The van der Waals surface area contributed by atoms with E-state index in [0.29, 0.717) is 0 Å². The van der Waals surface area contributed by atoms with E-state index in [0.717, 1.165) is 13.0 Å². The monoisotopic (exact) mass is 193 g/mol. The van der Waals surface area contributed by atoms with Gasteiger partial charge in [0, 0.05) is 13.5 Å². The van der Waals surface area contributed by atoms with Crippen LogP contribution in [-0.4, -0.2) is 12.5 Å². The van der Waals surface area contributed by atoms with Gasteiger partial charge < -0.3 is 5.32 Å². The molecule has 0 saturated carbocycles. The van der Waals surface area contributed by atoms with Gasteiger partial charge in [-0.15, -0.1) is 0 Å². The molecule has 1 rings (SSSR count). The summed E-state index contributed by atoms with van der Waals surface area (Å²) in [6.07, 6.45) is 0.903. The topological polar surface area (TPSA) is 29.1 Å². The van der Waals surface area contributed by atoms with E-state index in [1.807, 2.05) is 32.0 Å². The molecule has 1 aromatic carbocycles. The van der Waals surface area contributed by atoms with Crippen molar-refractivity contribution in [3.8, 4) is 0 Å². The molecule has 0 radical (unpaired) electrons. The van der Waals surface area contributed by atoms with Crippen molar-refractivity contribution in [3.63, 3.8) is 0 Å². The van der Waals surface area contributed by atoms with E-state index in [4.69, 9.17) is 0 Å². The lowest BCUT2D eigenvalue weighted by Crippen LogP contribution is -2.22. The van der Waals surface area contributed by atoms with Crippen molar-refractivity contribution in [2.45, 2.75) is 27.2 Å². The number of hydrogen-bond donors (Lipinski definition) is 1. The van der Waals surface area contributed by atoms with Gasteiger partial charge >= 0.3 is 0 Å². The highest BCUT2D eigenvalue weighted by Gasteiger charge is 1.92. The zero-order valence-corrected chi connectivity index (χ0v) is 9.21. The van der Waals surface area contributed by atoms with E-state index in [1.165, 1.54) is 12.5 Å². The molecule has 0 aliphatic heterocycles. The normalized spacial score (nSPS) is 8.50. The highest BCUT2D eigenvalue weighted by Crippen LogP contribution is 1.97. The Bertz CT molecular complexity index is 244. The third kappa shape index (κ3) is 6.23. The first kappa shape index (κ1) is 12.7. The number of rotatable bonds is 3. The van der Waals surface area contributed by atoms with E-state index in [9.17, 15) is 4.79 Å². The molecule has 1 N–H and O–H groups in total. The van der Waals surface area contributed by atoms with E-state index >= 15 is 0 Å². The highest BCUT2D eigenvalue weighted by atomic mass is 16.1. The summed E-state index contributed by atoms with van der Waals surface area (Å²) in [5, 5.41) is 2.76. The van der Waals surface area contributed by atoms with E-state index in [-0.39, 0.29) is 5.91 Å². The third-order valence-electron chi connectivity index (χ3n) is 1.63. The van der Waals surface area contributed by atoms with Crippen molar-refractivity contribution < 1.29 is 4.79 Å². The van der Waals surface area contributed by atoms with Gasteiger partial charge in [0.1, 0.15) is 0 Å². The molecule has 0 aliphatic carbocycles. The van der Waals surface area contributed by atoms with Crippen LogP contribution in [0.15, 0.2) is 30.3 Å². The molecule has 0 atom stereocenters. The first-order chi connectivity index (χ1) is 6.79. The average Bonchev–Trinajstić information content (AvgIpc) is 2.22. The molecule has 1 amide bonds. The Labute approximate surface area is 86.3 Å². The Balaban J connectivity index is 0.000000791. The summed E-state index contributed by atoms with van der Waals surface area (Å²) in [7, 11) is 0. The van der Waals surface area contributed by atoms with Gasteiger partial charge in [-0.1, -0.05) is 44.2 Å². The molecule has 0 heterocycles. The van der Waals surface area contributed by atoms with E-state index in [2.05, 4.69) is 17.4 Å². The molecule has 1 aromatic rings. The smallest absolute Gasteiger partial charge is 0.216 e. The zero-order valence-electron chi connectivity index (χ0n) is 9.21. The van der Waals surface area contributed by atoms with Crippen LogP contribution in [0.5, 0.6) is 0 Å². The highest BCUT2D eigenvalue weighted by molar-refractivity contribution is 5.72. The summed E-state index contributed by atoms with van der Waals surface area (Å²) in [5.41, 5.74) is 1.26. The van der Waals surface area contributed by atoms with Crippen LogP contribution in [0.2, 0.25) is 0 Å². The second-order valence-corrected chi connectivity index (χ2v) is 2.72. The minimum atomic E-state index is 0.0333. The number of amides is 1. The van der Waals surface area contributed by atoms with Gasteiger partial charge in [0.2, 0.25) is 5.91 Å². The Morgan fingerprint density at radius 1 is 1.21 bits per heavy atom. The summed E-state index contributed by atoms with van der Waals surface area (Å²) in [5.74, 6) is 0.0333. The maximum absolute atomic E-state index is 10.5. The van der Waals surface area contributed by atoms with Crippen LogP contribution in [0.25, 0.3) is 0 Å². The fraction of sp³-hybridized carbons (Fsp3) is 0.417. The molecule has 0 fully saturated rings. The Morgan fingerprint density at radius 3 is 2.29 bits per heavy atom.